The number of aromatic nitrogens is 1. The standard InChI is InChI=1S/C11H18N2O/c1-9(11-3-2-5-13-11)14-8-10-4-6-12-7-10/h2-3,5,9-10,12-13H,4,6-8H2,1H3. The highest BCUT2D eigenvalue weighted by molar-refractivity contribution is 5.06. The van der Waals surface area contributed by atoms with Crippen molar-refractivity contribution in [3.63, 3.8) is 0 Å². The molecular weight excluding hydrogens is 176 g/mol. The van der Waals surface area contributed by atoms with Crippen LogP contribution in [0.4, 0.5) is 0 Å². The van der Waals surface area contributed by atoms with Gasteiger partial charge in [-0.15, -0.1) is 0 Å². The molecule has 0 aromatic carbocycles. The van der Waals surface area contributed by atoms with Crippen molar-refractivity contribution >= 4 is 0 Å². The SMILES string of the molecule is CC(OCC1CCNC1)c1ccc[nH]1. The molecule has 2 atom stereocenters. The number of hydrogen-bond acceptors (Lipinski definition) is 2. The van der Waals surface area contributed by atoms with Gasteiger partial charge < -0.3 is 15.0 Å². The van der Waals surface area contributed by atoms with Gasteiger partial charge in [-0.05, 0) is 37.9 Å². The van der Waals surface area contributed by atoms with Crippen molar-refractivity contribution in [1.29, 1.82) is 0 Å². The summed E-state index contributed by atoms with van der Waals surface area (Å²) in [5.74, 6) is 0.701. The Bertz CT molecular complexity index is 252. The Morgan fingerprint density at radius 1 is 1.64 bits per heavy atom. The second-order valence-electron chi connectivity index (χ2n) is 3.96. The number of nitrogens with one attached hydrogen (secondary N) is 2. The van der Waals surface area contributed by atoms with Crippen molar-refractivity contribution in [2.45, 2.75) is 19.4 Å². The first-order valence-electron chi connectivity index (χ1n) is 5.32. The van der Waals surface area contributed by atoms with Gasteiger partial charge in [-0.25, -0.2) is 0 Å². The summed E-state index contributed by atoms with van der Waals surface area (Å²) in [6, 6.07) is 4.07. The lowest BCUT2D eigenvalue weighted by molar-refractivity contribution is 0.0413. The summed E-state index contributed by atoms with van der Waals surface area (Å²) >= 11 is 0. The molecule has 0 aliphatic carbocycles. The van der Waals surface area contributed by atoms with Crippen LogP contribution in [0.1, 0.15) is 25.1 Å². The topological polar surface area (TPSA) is 37.0 Å². The smallest absolute Gasteiger partial charge is 0.0944 e. The first-order valence-corrected chi connectivity index (χ1v) is 5.32. The third-order valence-corrected chi connectivity index (χ3v) is 2.80. The van der Waals surface area contributed by atoms with E-state index < -0.39 is 0 Å². The highest BCUT2D eigenvalue weighted by Crippen LogP contribution is 2.17. The molecule has 2 unspecified atom stereocenters. The minimum atomic E-state index is 0.186. The van der Waals surface area contributed by atoms with Crippen molar-refractivity contribution in [2.75, 3.05) is 19.7 Å². The molecule has 3 nitrogen and oxygen atoms in total. The van der Waals surface area contributed by atoms with Gasteiger partial charge in [-0.3, -0.25) is 0 Å². The molecule has 3 heteroatoms. The van der Waals surface area contributed by atoms with Crippen LogP contribution in [0.25, 0.3) is 0 Å². The average Bonchev–Trinajstić information content (AvgIpc) is 2.87. The van der Waals surface area contributed by atoms with Crippen LogP contribution in [-0.2, 0) is 4.74 Å². The fourth-order valence-corrected chi connectivity index (χ4v) is 1.82. The van der Waals surface area contributed by atoms with Crippen molar-refractivity contribution < 1.29 is 4.74 Å². The van der Waals surface area contributed by atoms with Gasteiger partial charge in [0, 0.05) is 18.4 Å². The molecule has 0 spiro atoms. The van der Waals surface area contributed by atoms with Gasteiger partial charge in [-0.2, -0.15) is 0 Å². The van der Waals surface area contributed by atoms with Crippen molar-refractivity contribution in [3.05, 3.63) is 24.0 Å². The highest BCUT2D eigenvalue weighted by Gasteiger charge is 2.16. The zero-order chi connectivity index (χ0) is 9.80. The van der Waals surface area contributed by atoms with Crippen LogP contribution < -0.4 is 5.32 Å². The predicted molar refractivity (Wildman–Crippen MR) is 56.1 cm³/mol. The van der Waals surface area contributed by atoms with Gasteiger partial charge in [0.05, 0.1) is 12.7 Å². The second-order valence-corrected chi connectivity index (χ2v) is 3.96. The zero-order valence-electron chi connectivity index (χ0n) is 8.62. The van der Waals surface area contributed by atoms with Gasteiger partial charge in [-0.1, -0.05) is 0 Å². The summed E-state index contributed by atoms with van der Waals surface area (Å²) < 4.78 is 5.80. The second kappa shape index (κ2) is 4.62. The van der Waals surface area contributed by atoms with Crippen LogP contribution in [0.15, 0.2) is 18.3 Å². The third kappa shape index (κ3) is 2.36. The monoisotopic (exact) mass is 194 g/mol. The van der Waals surface area contributed by atoms with Gasteiger partial charge in [0.15, 0.2) is 0 Å². The molecule has 0 saturated carbocycles. The Hall–Kier alpha value is -0.800. The minimum Gasteiger partial charge on any atom is -0.372 e. The minimum absolute atomic E-state index is 0.186. The molecule has 2 rings (SSSR count). The van der Waals surface area contributed by atoms with Crippen LogP contribution >= 0.6 is 0 Å². The maximum Gasteiger partial charge on any atom is 0.0944 e. The van der Waals surface area contributed by atoms with E-state index in [1.807, 2.05) is 12.3 Å². The van der Waals surface area contributed by atoms with Crippen LogP contribution in [0.2, 0.25) is 0 Å². The number of hydrogen-bond donors (Lipinski definition) is 2. The molecule has 1 aromatic rings. The molecule has 14 heavy (non-hydrogen) atoms. The third-order valence-electron chi connectivity index (χ3n) is 2.80. The quantitative estimate of drug-likeness (QED) is 0.765. The van der Waals surface area contributed by atoms with E-state index in [4.69, 9.17) is 4.74 Å². The fraction of sp³-hybridized carbons (Fsp3) is 0.636. The lowest BCUT2D eigenvalue weighted by Crippen LogP contribution is -2.15. The molecule has 0 amide bonds. The summed E-state index contributed by atoms with van der Waals surface area (Å²) in [7, 11) is 0. The molecule has 2 N–H and O–H groups in total. The lowest BCUT2D eigenvalue weighted by atomic mass is 10.1. The van der Waals surface area contributed by atoms with Crippen LogP contribution in [0.5, 0.6) is 0 Å². The molecule has 1 saturated heterocycles. The predicted octanol–water partition coefficient (Wildman–Crippen LogP) is 1.70. The van der Waals surface area contributed by atoms with E-state index in [0.29, 0.717) is 5.92 Å². The van der Waals surface area contributed by atoms with Crippen LogP contribution in [-0.4, -0.2) is 24.7 Å². The zero-order valence-corrected chi connectivity index (χ0v) is 8.62. The maximum absolute atomic E-state index is 5.80. The first-order chi connectivity index (χ1) is 6.86. The maximum atomic E-state index is 5.80. The number of H-pyrrole nitrogens is 1. The van der Waals surface area contributed by atoms with E-state index in [1.54, 1.807) is 0 Å². The van der Waals surface area contributed by atoms with Crippen molar-refractivity contribution in [1.82, 2.24) is 10.3 Å². The van der Waals surface area contributed by atoms with Crippen molar-refractivity contribution in [3.8, 4) is 0 Å². The van der Waals surface area contributed by atoms with Crippen LogP contribution in [0, 0.1) is 5.92 Å². The number of rotatable bonds is 4. The number of ether oxygens (including phenoxy) is 1. The Morgan fingerprint density at radius 3 is 3.21 bits per heavy atom. The Morgan fingerprint density at radius 2 is 2.57 bits per heavy atom. The normalized spacial score (nSPS) is 23.9. The molecule has 78 valence electrons. The summed E-state index contributed by atoms with van der Waals surface area (Å²) in [6.45, 7) is 5.21. The van der Waals surface area contributed by atoms with Gasteiger partial charge >= 0.3 is 0 Å². The molecule has 2 heterocycles. The van der Waals surface area contributed by atoms with E-state index in [9.17, 15) is 0 Å². The average molecular weight is 194 g/mol. The number of aromatic amines is 1. The van der Waals surface area contributed by atoms with Gasteiger partial charge in [0.1, 0.15) is 0 Å². The van der Waals surface area contributed by atoms with E-state index >= 15 is 0 Å². The lowest BCUT2D eigenvalue weighted by Gasteiger charge is -2.14. The Kier molecular flexibility index (Phi) is 3.22. The van der Waals surface area contributed by atoms with Gasteiger partial charge in [0.2, 0.25) is 0 Å². The molecule has 0 bridgehead atoms. The Balaban J connectivity index is 1.74. The summed E-state index contributed by atoms with van der Waals surface area (Å²) in [6.07, 6.45) is 3.37. The first kappa shape index (κ1) is 9.74. The van der Waals surface area contributed by atoms with E-state index in [0.717, 1.165) is 25.4 Å². The highest BCUT2D eigenvalue weighted by atomic mass is 16.5. The molecular formula is C11H18N2O. The molecule has 1 fully saturated rings. The van der Waals surface area contributed by atoms with Gasteiger partial charge in [0.25, 0.3) is 0 Å². The summed E-state index contributed by atoms with van der Waals surface area (Å²) in [5.41, 5.74) is 1.16. The van der Waals surface area contributed by atoms with E-state index in [1.165, 1.54) is 6.42 Å². The molecule has 1 aromatic heterocycles. The largest absolute Gasteiger partial charge is 0.372 e. The van der Waals surface area contributed by atoms with Crippen LogP contribution in [0.3, 0.4) is 0 Å². The Labute approximate surface area is 84.9 Å². The summed E-state index contributed by atoms with van der Waals surface area (Å²) in [4.78, 5) is 3.17. The molecule has 0 radical (unpaired) electrons. The fourth-order valence-electron chi connectivity index (χ4n) is 1.82. The summed E-state index contributed by atoms with van der Waals surface area (Å²) in [5, 5.41) is 3.34. The molecule has 1 aliphatic heterocycles. The van der Waals surface area contributed by atoms with E-state index in [2.05, 4.69) is 23.3 Å². The van der Waals surface area contributed by atoms with Crippen molar-refractivity contribution in [2.24, 2.45) is 5.92 Å². The van der Waals surface area contributed by atoms with E-state index in [-0.39, 0.29) is 6.10 Å². The molecule has 1 aliphatic rings.